The van der Waals surface area contributed by atoms with E-state index < -0.39 is 0 Å². The van der Waals surface area contributed by atoms with E-state index in [4.69, 9.17) is 0 Å². The molecular weight excluding hydrogens is 468 g/mol. The Morgan fingerprint density at radius 3 is 3.00 bits per heavy atom. The molecule has 2 fully saturated rings. The lowest BCUT2D eigenvalue weighted by Gasteiger charge is -2.10. The van der Waals surface area contributed by atoms with Crippen molar-refractivity contribution in [2.45, 2.75) is 25.8 Å². The summed E-state index contributed by atoms with van der Waals surface area (Å²) < 4.78 is 2.26. The maximum atomic E-state index is 12.5. The fraction of sp³-hybridized carbons (Fsp3) is 0.333. The smallest absolute Gasteiger partial charge is 0.264 e. The van der Waals surface area contributed by atoms with Crippen molar-refractivity contribution in [3.63, 3.8) is 0 Å². The summed E-state index contributed by atoms with van der Waals surface area (Å²) >= 11 is 2.66. The minimum Gasteiger partial charge on any atom is -0.347 e. The first-order chi connectivity index (χ1) is 16.4. The largest absolute Gasteiger partial charge is 0.347 e. The molecule has 1 saturated carbocycles. The Labute approximate surface area is 206 Å². The van der Waals surface area contributed by atoms with Gasteiger partial charge in [-0.3, -0.25) is 9.59 Å². The summed E-state index contributed by atoms with van der Waals surface area (Å²) in [6, 6.07) is 8.20. The third kappa shape index (κ3) is 5.40. The number of carbonyl (C=O) groups excluding carboxylic acids is 2. The Hall–Kier alpha value is -2.95. The topological polar surface area (TPSA) is 91.6 Å². The molecule has 1 aliphatic carbocycles. The fourth-order valence-corrected chi connectivity index (χ4v) is 5.37. The van der Waals surface area contributed by atoms with E-state index in [9.17, 15) is 9.59 Å². The van der Waals surface area contributed by atoms with Crippen molar-refractivity contribution in [1.82, 2.24) is 19.8 Å². The fourth-order valence-electron chi connectivity index (χ4n) is 3.70. The number of fused-ring (bicyclic) bond motifs is 1. The summed E-state index contributed by atoms with van der Waals surface area (Å²) in [6.45, 7) is 2.02. The third-order valence-corrected chi connectivity index (χ3v) is 7.39. The zero-order valence-electron chi connectivity index (χ0n) is 19.1. The highest BCUT2D eigenvalue weighted by Gasteiger charge is 2.30. The van der Waals surface area contributed by atoms with Crippen molar-refractivity contribution >= 4 is 67.9 Å². The molecule has 0 radical (unpaired) electrons. The molecule has 0 unspecified atom stereocenters. The van der Waals surface area contributed by atoms with Gasteiger partial charge in [0.2, 0.25) is 5.91 Å². The molecule has 2 N–H and O–H groups in total. The number of nitrogens with zero attached hydrogens (tertiary/aromatic N) is 4. The van der Waals surface area contributed by atoms with Gasteiger partial charge in [-0.1, -0.05) is 11.3 Å². The number of hydrogen-bond donors (Lipinski definition) is 2. The summed E-state index contributed by atoms with van der Waals surface area (Å²) in [5.74, 6) is -0.0350. The van der Waals surface area contributed by atoms with Crippen LogP contribution in [-0.4, -0.2) is 52.1 Å². The second-order valence-electron chi connectivity index (χ2n) is 8.72. The van der Waals surface area contributed by atoms with Crippen LogP contribution in [-0.2, 0) is 16.1 Å². The Morgan fingerprint density at radius 1 is 1.35 bits per heavy atom. The number of carbonyl (C=O) groups is 2. The first-order valence-electron chi connectivity index (χ1n) is 11.2. The predicted octanol–water partition coefficient (Wildman–Crippen LogP) is 4.29. The second kappa shape index (κ2) is 9.73. The van der Waals surface area contributed by atoms with Gasteiger partial charge in [-0.25, -0.2) is 9.98 Å². The summed E-state index contributed by atoms with van der Waals surface area (Å²) in [6.07, 6.45) is 8.54. The standard InChI is InChI=1S/C24H26N6O2S2/c1-29(2)9-3-10-30-11-8-16-12-17(6-7-19(16)30)26-24-28-22(32)20(34-24)13-18-14-25-23(33-18)27-21(31)15-4-5-15/h6-8,11-15H,3-5,9-10H2,1-2H3,(H,25,27,31)(H,26,28,32). The molecule has 3 heterocycles. The first kappa shape index (κ1) is 22.8. The van der Waals surface area contributed by atoms with Gasteiger partial charge in [-0.15, -0.1) is 0 Å². The van der Waals surface area contributed by atoms with Gasteiger partial charge in [-0.05, 0) is 82.0 Å². The highest BCUT2D eigenvalue weighted by molar-refractivity contribution is 8.18. The van der Waals surface area contributed by atoms with Gasteiger partial charge in [-0.2, -0.15) is 0 Å². The highest BCUT2D eigenvalue weighted by Crippen LogP contribution is 2.33. The van der Waals surface area contributed by atoms with Gasteiger partial charge in [0.05, 0.1) is 15.5 Å². The van der Waals surface area contributed by atoms with Crippen LogP contribution in [0.5, 0.6) is 0 Å². The molecule has 0 spiro atoms. The molecule has 176 valence electrons. The quantitative estimate of drug-likeness (QED) is 0.456. The number of rotatable bonds is 8. The number of amides is 2. The minimum atomic E-state index is -0.186. The van der Waals surface area contributed by atoms with Crippen LogP contribution in [0.4, 0.5) is 10.8 Å². The Morgan fingerprint density at radius 2 is 2.21 bits per heavy atom. The summed E-state index contributed by atoms with van der Waals surface area (Å²) in [5.41, 5.74) is 1.98. The van der Waals surface area contributed by atoms with Crippen LogP contribution in [0, 0.1) is 5.92 Å². The Bertz CT molecular complexity index is 1300. The minimum absolute atomic E-state index is 0.0248. The monoisotopic (exact) mass is 494 g/mol. The van der Waals surface area contributed by atoms with Crippen LogP contribution < -0.4 is 10.6 Å². The number of thioether (sulfide) groups is 1. The molecule has 8 nitrogen and oxygen atoms in total. The number of amidine groups is 1. The molecule has 1 aliphatic heterocycles. The number of aryl methyl sites for hydroxylation is 1. The molecule has 1 saturated heterocycles. The lowest BCUT2D eigenvalue weighted by molar-refractivity contribution is -0.117. The van der Waals surface area contributed by atoms with Gasteiger partial charge in [0.15, 0.2) is 10.3 Å². The first-order valence-corrected chi connectivity index (χ1v) is 12.9. The lowest BCUT2D eigenvalue weighted by atomic mass is 10.2. The maximum absolute atomic E-state index is 12.5. The van der Waals surface area contributed by atoms with Crippen molar-refractivity contribution in [2.75, 3.05) is 26.0 Å². The van der Waals surface area contributed by atoms with E-state index in [0.717, 1.165) is 48.3 Å². The molecule has 1 aromatic carbocycles. The van der Waals surface area contributed by atoms with E-state index in [1.54, 1.807) is 12.3 Å². The zero-order valence-corrected chi connectivity index (χ0v) is 20.7. The second-order valence-corrected chi connectivity index (χ2v) is 10.8. The lowest BCUT2D eigenvalue weighted by Crippen LogP contribution is -2.19. The van der Waals surface area contributed by atoms with E-state index in [2.05, 4.69) is 62.5 Å². The van der Waals surface area contributed by atoms with Crippen LogP contribution in [0.2, 0.25) is 0 Å². The molecule has 2 aliphatic rings. The van der Waals surface area contributed by atoms with Crippen LogP contribution in [0.15, 0.2) is 46.6 Å². The van der Waals surface area contributed by atoms with Gasteiger partial charge in [0, 0.05) is 35.8 Å². The number of benzene rings is 1. The molecule has 5 rings (SSSR count). The Kier molecular flexibility index (Phi) is 6.53. The third-order valence-electron chi connectivity index (χ3n) is 5.62. The van der Waals surface area contributed by atoms with Gasteiger partial charge >= 0.3 is 0 Å². The van der Waals surface area contributed by atoms with Crippen molar-refractivity contribution in [3.8, 4) is 0 Å². The van der Waals surface area contributed by atoms with Gasteiger partial charge in [0.25, 0.3) is 5.91 Å². The SMILES string of the molecule is CN(C)CCCn1ccc2cc(N=C3NC(=O)C(=Cc4cnc(NC(=O)C5CC5)s4)S3)ccc21. The van der Waals surface area contributed by atoms with Crippen LogP contribution in [0.3, 0.4) is 0 Å². The van der Waals surface area contributed by atoms with Crippen molar-refractivity contribution in [2.24, 2.45) is 10.9 Å². The van der Waals surface area contributed by atoms with Crippen molar-refractivity contribution in [1.29, 1.82) is 0 Å². The number of anilines is 1. The summed E-state index contributed by atoms with van der Waals surface area (Å²) in [7, 11) is 4.17. The van der Waals surface area contributed by atoms with Gasteiger partial charge < -0.3 is 20.1 Å². The van der Waals surface area contributed by atoms with E-state index in [1.165, 1.54) is 28.6 Å². The van der Waals surface area contributed by atoms with Gasteiger partial charge in [0.1, 0.15) is 0 Å². The number of aromatic nitrogens is 2. The number of thiazole rings is 1. The summed E-state index contributed by atoms with van der Waals surface area (Å²) in [5, 5.41) is 7.91. The van der Waals surface area contributed by atoms with E-state index in [1.807, 2.05) is 12.1 Å². The van der Waals surface area contributed by atoms with Crippen LogP contribution in [0.25, 0.3) is 17.0 Å². The zero-order chi connectivity index (χ0) is 23.7. The summed E-state index contributed by atoms with van der Waals surface area (Å²) in [4.78, 5) is 36.8. The molecule has 10 heteroatoms. The molecule has 0 atom stereocenters. The maximum Gasteiger partial charge on any atom is 0.264 e. The number of aliphatic imine (C=N–C) groups is 1. The predicted molar refractivity (Wildman–Crippen MR) is 139 cm³/mol. The molecule has 2 aromatic heterocycles. The van der Waals surface area contributed by atoms with E-state index in [-0.39, 0.29) is 17.7 Å². The number of nitrogens with one attached hydrogen (secondary N) is 2. The van der Waals surface area contributed by atoms with Crippen LogP contribution in [0.1, 0.15) is 24.1 Å². The highest BCUT2D eigenvalue weighted by atomic mass is 32.2. The van der Waals surface area contributed by atoms with Crippen molar-refractivity contribution in [3.05, 3.63) is 46.4 Å². The normalized spacial score (nSPS) is 18.4. The van der Waals surface area contributed by atoms with Crippen LogP contribution >= 0.6 is 23.1 Å². The Balaban J connectivity index is 1.25. The average molecular weight is 495 g/mol. The van der Waals surface area contributed by atoms with E-state index >= 15 is 0 Å². The number of hydrogen-bond acceptors (Lipinski definition) is 7. The molecule has 3 aromatic rings. The molecule has 0 bridgehead atoms. The van der Waals surface area contributed by atoms with E-state index in [0.29, 0.717) is 15.2 Å². The van der Waals surface area contributed by atoms with Crippen molar-refractivity contribution < 1.29 is 9.59 Å². The molecule has 34 heavy (non-hydrogen) atoms. The molecular formula is C24H26N6O2S2. The molecule has 2 amide bonds. The average Bonchev–Trinajstić information content (AvgIpc) is 3.32.